The molecular weight excluding hydrogens is 310 g/mol. The van der Waals surface area contributed by atoms with Gasteiger partial charge < -0.3 is 4.42 Å². The van der Waals surface area contributed by atoms with Crippen molar-refractivity contribution >= 4 is 29.0 Å². The SMILES string of the molecule is C=CCN1C(=O)S/C(=C\c2ccc(-c3ccc(C)cc3)o2)C1=O. The number of nitrogens with zero attached hydrogens (tertiary/aromatic N) is 1. The van der Waals surface area contributed by atoms with Crippen LogP contribution in [0.2, 0.25) is 0 Å². The third kappa shape index (κ3) is 3.14. The van der Waals surface area contributed by atoms with E-state index >= 15 is 0 Å². The standard InChI is InChI=1S/C18H15NO3S/c1-3-10-19-17(20)16(23-18(19)21)11-14-8-9-15(22-14)13-6-4-12(2)5-7-13/h3-9,11H,1,10H2,2H3/b16-11-. The maximum Gasteiger partial charge on any atom is 0.293 e. The lowest BCUT2D eigenvalue weighted by Gasteiger charge is -2.07. The zero-order chi connectivity index (χ0) is 16.4. The van der Waals surface area contributed by atoms with Gasteiger partial charge >= 0.3 is 0 Å². The van der Waals surface area contributed by atoms with Crippen LogP contribution in [0.4, 0.5) is 4.79 Å². The molecule has 1 fully saturated rings. The fourth-order valence-corrected chi connectivity index (χ4v) is 3.05. The van der Waals surface area contributed by atoms with Crippen LogP contribution < -0.4 is 0 Å². The van der Waals surface area contributed by atoms with Gasteiger partial charge in [0.2, 0.25) is 0 Å². The molecule has 0 radical (unpaired) electrons. The van der Waals surface area contributed by atoms with Gasteiger partial charge in [0.1, 0.15) is 11.5 Å². The molecule has 0 spiro atoms. The van der Waals surface area contributed by atoms with E-state index in [1.807, 2.05) is 37.3 Å². The molecule has 23 heavy (non-hydrogen) atoms. The minimum absolute atomic E-state index is 0.217. The second-order valence-corrected chi connectivity index (χ2v) is 6.14. The van der Waals surface area contributed by atoms with E-state index in [2.05, 4.69) is 6.58 Å². The molecule has 2 amide bonds. The third-order valence-electron chi connectivity index (χ3n) is 3.42. The highest BCUT2D eigenvalue weighted by molar-refractivity contribution is 8.18. The van der Waals surface area contributed by atoms with Gasteiger partial charge in [0.05, 0.1) is 4.91 Å². The van der Waals surface area contributed by atoms with E-state index in [0.717, 1.165) is 28.0 Å². The topological polar surface area (TPSA) is 50.5 Å². The molecule has 1 aromatic carbocycles. The minimum atomic E-state index is -0.312. The average Bonchev–Trinajstić information content (AvgIpc) is 3.09. The number of carbonyl (C=O) groups is 2. The summed E-state index contributed by atoms with van der Waals surface area (Å²) in [5.74, 6) is 0.958. The summed E-state index contributed by atoms with van der Waals surface area (Å²) >= 11 is 0.914. The normalized spacial score (nSPS) is 16.4. The van der Waals surface area contributed by atoms with Crippen LogP contribution in [0.25, 0.3) is 17.4 Å². The van der Waals surface area contributed by atoms with Crippen molar-refractivity contribution in [1.29, 1.82) is 0 Å². The molecule has 0 saturated carbocycles. The van der Waals surface area contributed by atoms with Gasteiger partial charge in [0, 0.05) is 18.2 Å². The molecule has 1 aliphatic rings. The molecule has 0 atom stereocenters. The summed E-state index contributed by atoms with van der Waals surface area (Å²) in [6, 6.07) is 11.6. The number of imide groups is 1. The summed E-state index contributed by atoms with van der Waals surface area (Å²) in [6.07, 6.45) is 3.13. The molecule has 1 aromatic heterocycles. The molecule has 5 heteroatoms. The Bertz CT molecular complexity index is 802. The summed E-state index contributed by atoms with van der Waals surface area (Å²) in [6.45, 7) is 5.79. The van der Waals surface area contributed by atoms with E-state index in [-0.39, 0.29) is 17.7 Å². The van der Waals surface area contributed by atoms with Crippen molar-refractivity contribution in [2.45, 2.75) is 6.92 Å². The van der Waals surface area contributed by atoms with Gasteiger partial charge in [-0.1, -0.05) is 35.9 Å². The van der Waals surface area contributed by atoms with E-state index in [4.69, 9.17) is 4.42 Å². The van der Waals surface area contributed by atoms with Crippen LogP contribution in [0.1, 0.15) is 11.3 Å². The molecule has 0 N–H and O–H groups in total. The van der Waals surface area contributed by atoms with Gasteiger partial charge in [-0.2, -0.15) is 0 Å². The molecule has 4 nitrogen and oxygen atoms in total. The first kappa shape index (κ1) is 15.4. The van der Waals surface area contributed by atoms with Gasteiger partial charge in [-0.15, -0.1) is 6.58 Å². The lowest BCUT2D eigenvalue weighted by atomic mass is 10.1. The maximum absolute atomic E-state index is 12.2. The predicted octanol–water partition coefficient (Wildman–Crippen LogP) is 4.48. The zero-order valence-electron chi connectivity index (χ0n) is 12.6. The van der Waals surface area contributed by atoms with E-state index in [9.17, 15) is 9.59 Å². The van der Waals surface area contributed by atoms with E-state index < -0.39 is 0 Å². The zero-order valence-corrected chi connectivity index (χ0v) is 13.4. The highest BCUT2D eigenvalue weighted by Gasteiger charge is 2.34. The Morgan fingerprint density at radius 2 is 1.91 bits per heavy atom. The molecule has 3 rings (SSSR count). The van der Waals surface area contributed by atoms with Gasteiger partial charge in [-0.25, -0.2) is 0 Å². The number of amides is 2. The lowest BCUT2D eigenvalue weighted by molar-refractivity contribution is -0.122. The highest BCUT2D eigenvalue weighted by Crippen LogP contribution is 2.33. The molecule has 0 aliphatic carbocycles. The molecule has 1 aliphatic heterocycles. The summed E-state index contributed by atoms with van der Waals surface area (Å²) < 4.78 is 5.76. The fourth-order valence-electron chi connectivity index (χ4n) is 2.22. The predicted molar refractivity (Wildman–Crippen MR) is 91.8 cm³/mol. The van der Waals surface area contributed by atoms with Crippen molar-refractivity contribution in [3.8, 4) is 11.3 Å². The molecule has 116 valence electrons. The molecule has 1 saturated heterocycles. The molecule has 0 bridgehead atoms. The Morgan fingerprint density at radius 1 is 1.17 bits per heavy atom. The van der Waals surface area contributed by atoms with Crippen molar-refractivity contribution in [3.05, 3.63) is 65.3 Å². The number of aryl methyl sites for hydroxylation is 1. The Kier molecular flexibility index (Phi) is 4.21. The molecule has 2 aromatic rings. The first-order valence-electron chi connectivity index (χ1n) is 7.11. The van der Waals surface area contributed by atoms with Gasteiger partial charge in [-0.05, 0) is 30.8 Å². The number of hydrogen-bond donors (Lipinski definition) is 0. The number of rotatable bonds is 4. The molecule has 0 unspecified atom stereocenters. The number of furan rings is 1. The van der Waals surface area contributed by atoms with Crippen molar-refractivity contribution in [2.24, 2.45) is 0 Å². The Balaban J connectivity index is 1.84. The Hall–Kier alpha value is -2.53. The Labute approximate surface area is 138 Å². The van der Waals surface area contributed by atoms with Crippen LogP contribution >= 0.6 is 11.8 Å². The quantitative estimate of drug-likeness (QED) is 0.614. The smallest absolute Gasteiger partial charge is 0.293 e. The second-order valence-electron chi connectivity index (χ2n) is 5.15. The summed E-state index contributed by atoms with van der Waals surface area (Å²) in [5.41, 5.74) is 2.14. The van der Waals surface area contributed by atoms with E-state index in [0.29, 0.717) is 10.7 Å². The highest BCUT2D eigenvalue weighted by atomic mass is 32.2. The molecule has 2 heterocycles. The monoisotopic (exact) mass is 325 g/mol. The van der Waals surface area contributed by atoms with Crippen LogP contribution in [0.15, 0.2) is 58.4 Å². The van der Waals surface area contributed by atoms with E-state index in [1.54, 1.807) is 12.1 Å². The van der Waals surface area contributed by atoms with Gasteiger partial charge in [0.25, 0.3) is 11.1 Å². The lowest BCUT2D eigenvalue weighted by Crippen LogP contribution is -2.27. The molecular formula is C18H15NO3S. The minimum Gasteiger partial charge on any atom is -0.457 e. The largest absolute Gasteiger partial charge is 0.457 e. The van der Waals surface area contributed by atoms with Crippen LogP contribution in [-0.2, 0) is 4.79 Å². The van der Waals surface area contributed by atoms with Crippen LogP contribution in [0.5, 0.6) is 0 Å². The number of carbonyl (C=O) groups excluding carboxylic acids is 2. The average molecular weight is 325 g/mol. The van der Waals surface area contributed by atoms with Crippen molar-refractivity contribution in [1.82, 2.24) is 4.90 Å². The van der Waals surface area contributed by atoms with Gasteiger partial charge in [-0.3, -0.25) is 14.5 Å². The number of thioether (sulfide) groups is 1. The van der Waals surface area contributed by atoms with Crippen LogP contribution in [0.3, 0.4) is 0 Å². The van der Waals surface area contributed by atoms with Crippen LogP contribution in [-0.4, -0.2) is 22.6 Å². The Morgan fingerprint density at radius 3 is 2.61 bits per heavy atom. The maximum atomic E-state index is 12.2. The third-order valence-corrected chi connectivity index (χ3v) is 4.33. The summed E-state index contributed by atoms with van der Waals surface area (Å²) in [7, 11) is 0. The van der Waals surface area contributed by atoms with Crippen LogP contribution in [0, 0.1) is 6.92 Å². The summed E-state index contributed by atoms with van der Waals surface area (Å²) in [4.78, 5) is 25.5. The first-order chi connectivity index (χ1) is 11.1. The fraction of sp³-hybridized carbons (Fsp3) is 0.111. The van der Waals surface area contributed by atoms with Crippen molar-refractivity contribution in [2.75, 3.05) is 6.54 Å². The number of hydrogen-bond acceptors (Lipinski definition) is 4. The first-order valence-corrected chi connectivity index (χ1v) is 7.93. The number of benzene rings is 1. The second kappa shape index (κ2) is 6.30. The summed E-state index contributed by atoms with van der Waals surface area (Å²) in [5, 5.41) is -0.286. The van der Waals surface area contributed by atoms with Gasteiger partial charge in [0.15, 0.2) is 0 Å². The van der Waals surface area contributed by atoms with Crippen molar-refractivity contribution < 1.29 is 14.0 Å². The van der Waals surface area contributed by atoms with Crippen molar-refractivity contribution in [3.63, 3.8) is 0 Å². The van der Waals surface area contributed by atoms with E-state index in [1.165, 1.54) is 11.6 Å².